The molecule has 0 N–H and O–H groups in total. The Morgan fingerprint density at radius 1 is 0.667 bits per heavy atom. The highest BCUT2D eigenvalue weighted by molar-refractivity contribution is 15.0. The summed E-state index contributed by atoms with van der Waals surface area (Å²) < 4.78 is 10.4. The minimum Gasteiger partial charge on any atom is -0.497 e. The molecule has 0 saturated carbocycles. The molecular weight excluding hydrogens is 490 g/mol. The summed E-state index contributed by atoms with van der Waals surface area (Å²) >= 11 is 4.24. The minimum atomic E-state index is -0.0431. The molecular formula is C17H20I2O2. The normalized spacial score (nSPS) is 10.4. The van der Waals surface area contributed by atoms with Gasteiger partial charge in [-0.1, -0.05) is 38.1 Å². The summed E-state index contributed by atoms with van der Waals surface area (Å²) in [6, 6.07) is 16.5. The van der Waals surface area contributed by atoms with E-state index in [1.54, 1.807) is 14.2 Å². The van der Waals surface area contributed by atoms with E-state index in [9.17, 15) is 0 Å². The van der Waals surface area contributed by atoms with E-state index in [2.05, 4.69) is 75.3 Å². The largest absolute Gasteiger partial charge is 0.497 e. The number of methoxy groups -OCH3 is 2. The molecule has 0 fully saturated rings. The highest BCUT2D eigenvalue weighted by Crippen LogP contribution is 2.33. The lowest BCUT2D eigenvalue weighted by Crippen LogP contribution is -2.18. The number of halogens is 2. The topological polar surface area (TPSA) is 18.5 Å². The van der Waals surface area contributed by atoms with Crippen molar-refractivity contribution in [2.45, 2.75) is 19.3 Å². The van der Waals surface area contributed by atoms with Crippen LogP contribution in [-0.2, 0) is 5.41 Å². The second kappa shape index (κ2) is 8.82. The van der Waals surface area contributed by atoms with E-state index in [4.69, 9.17) is 9.47 Å². The van der Waals surface area contributed by atoms with Gasteiger partial charge in [-0.15, -0.1) is 0 Å². The Morgan fingerprint density at radius 2 is 0.952 bits per heavy atom. The molecule has 0 saturated heterocycles. The maximum Gasteiger partial charge on any atom is 0.118 e. The van der Waals surface area contributed by atoms with E-state index in [-0.39, 0.29) is 5.41 Å². The standard InChI is InChI=1S/C17H20O2.I2/c1-17(2,13-5-9-15(18-3)10-6-13)14-7-11-16(19-4)12-8-14;1-2/h5-12H,1-4H3;. The van der Waals surface area contributed by atoms with E-state index in [1.165, 1.54) is 11.1 Å². The van der Waals surface area contributed by atoms with Crippen LogP contribution in [0.25, 0.3) is 0 Å². The fourth-order valence-electron chi connectivity index (χ4n) is 2.18. The zero-order chi connectivity index (χ0) is 15.9. The Hall–Kier alpha value is -0.500. The van der Waals surface area contributed by atoms with Crippen LogP contribution in [0.2, 0.25) is 0 Å². The van der Waals surface area contributed by atoms with Gasteiger partial charge in [0, 0.05) is 42.6 Å². The summed E-state index contributed by atoms with van der Waals surface area (Å²) in [6.07, 6.45) is 0. The molecule has 0 aliphatic carbocycles. The molecule has 0 amide bonds. The fourth-order valence-corrected chi connectivity index (χ4v) is 2.18. The maximum atomic E-state index is 5.20. The van der Waals surface area contributed by atoms with E-state index in [1.807, 2.05) is 24.3 Å². The van der Waals surface area contributed by atoms with E-state index in [0.29, 0.717) is 0 Å². The third-order valence-corrected chi connectivity index (χ3v) is 3.62. The number of hydrogen-bond donors (Lipinski definition) is 0. The molecule has 2 aromatic carbocycles. The Balaban J connectivity index is 0.00000106. The van der Waals surface area contributed by atoms with Gasteiger partial charge in [0.2, 0.25) is 0 Å². The smallest absolute Gasteiger partial charge is 0.118 e. The molecule has 0 spiro atoms. The molecule has 0 aliphatic heterocycles. The van der Waals surface area contributed by atoms with Crippen molar-refractivity contribution in [3.8, 4) is 11.5 Å². The van der Waals surface area contributed by atoms with Crippen LogP contribution in [0.3, 0.4) is 0 Å². The summed E-state index contributed by atoms with van der Waals surface area (Å²) in [7, 11) is 3.37. The SMILES string of the molecule is COc1ccc(C(C)(C)c2ccc(OC)cc2)cc1.II. The molecule has 2 rings (SSSR count). The fraction of sp³-hybridized carbons (Fsp3) is 0.294. The first-order chi connectivity index (χ1) is 10.1. The number of hydrogen-bond acceptors (Lipinski definition) is 2. The van der Waals surface area contributed by atoms with Gasteiger partial charge >= 0.3 is 0 Å². The molecule has 0 bridgehead atoms. The Labute approximate surface area is 150 Å². The molecule has 2 nitrogen and oxygen atoms in total. The lowest BCUT2D eigenvalue weighted by molar-refractivity contribution is 0.414. The maximum absolute atomic E-state index is 5.20. The predicted molar refractivity (Wildman–Crippen MR) is 106 cm³/mol. The van der Waals surface area contributed by atoms with Gasteiger partial charge in [0.15, 0.2) is 0 Å². The van der Waals surface area contributed by atoms with Crippen molar-refractivity contribution in [2.75, 3.05) is 14.2 Å². The third kappa shape index (κ3) is 4.74. The number of benzene rings is 2. The zero-order valence-electron chi connectivity index (χ0n) is 12.7. The molecule has 21 heavy (non-hydrogen) atoms. The lowest BCUT2D eigenvalue weighted by atomic mass is 9.78. The van der Waals surface area contributed by atoms with Gasteiger partial charge in [0.1, 0.15) is 11.5 Å². The van der Waals surface area contributed by atoms with Crippen LogP contribution < -0.4 is 9.47 Å². The van der Waals surface area contributed by atoms with Gasteiger partial charge in [-0.25, -0.2) is 0 Å². The van der Waals surface area contributed by atoms with Crippen molar-refractivity contribution in [3.63, 3.8) is 0 Å². The quantitative estimate of drug-likeness (QED) is 0.485. The Bertz CT molecular complexity index is 484. The van der Waals surface area contributed by atoms with Crippen LogP contribution in [0.5, 0.6) is 11.5 Å². The molecule has 4 heteroatoms. The lowest BCUT2D eigenvalue weighted by Gasteiger charge is -2.26. The van der Waals surface area contributed by atoms with Crippen LogP contribution >= 0.6 is 37.2 Å². The van der Waals surface area contributed by atoms with Gasteiger partial charge in [-0.05, 0) is 35.4 Å². The van der Waals surface area contributed by atoms with Crippen LogP contribution in [-0.4, -0.2) is 14.2 Å². The average Bonchev–Trinajstić information content (AvgIpc) is 2.56. The number of ether oxygens (including phenoxy) is 2. The van der Waals surface area contributed by atoms with E-state index >= 15 is 0 Å². The van der Waals surface area contributed by atoms with Gasteiger partial charge in [-0.2, -0.15) is 0 Å². The monoisotopic (exact) mass is 510 g/mol. The molecule has 2 aromatic rings. The van der Waals surface area contributed by atoms with Crippen LogP contribution in [0.1, 0.15) is 25.0 Å². The highest BCUT2D eigenvalue weighted by atomic mass is 128. The highest BCUT2D eigenvalue weighted by Gasteiger charge is 2.22. The average molecular weight is 510 g/mol. The first-order valence-corrected chi connectivity index (χ1v) is 12.8. The third-order valence-electron chi connectivity index (χ3n) is 3.62. The Morgan fingerprint density at radius 3 is 1.19 bits per heavy atom. The van der Waals surface area contributed by atoms with Crippen LogP contribution in [0, 0.1) is 0 Å². The van der Waals surface area contributed by atoms with Crippen molar-refractivity contribution in [2.24, 2.45) is 0 Å². The van der Waals surface area contributed by atoms with Gasteiger partial charge in [-0.3, -0.25) is 0 Å². The molecule has 114 valence electrons. The minimum absolute atomic E-state index is 0.0431. The Kier molecular flexibility index (Phi) is 7.79. The second-order valence-corrected chi connectivity index (χ2v) is 5.08. The summed E-state index contributed by atoms with van der Waals surface area (Å²) in [5.74, 6) is 1.77. The molecule has 0 heterocycles. The van der Waals surface area contributed by atoms with Crippen LogP contribution in [0.15, 0.2) is 48.5 Å². The molecule has 0 aliphatic rings. The molecule has 0 unspecified atom stereocenters. The van der Waals surface area contributed by atoms with Gasteiger partial charge < -0.3 is 9.47 Å². The van der Waals surface area contributed by atoms with Crippen molar-refractivity contribution in [1.29, 1.82) is 0 Å². The van der Waals surface area contributed by atoms with Crippen LogP contribution in [0.4, 0.5) is 0 Å². The summed E-state index contributed by atoms with van der Waals surface area (Å²) in [5, 5.41) is 0. The van der Waals surface area contributed by atoms with Gasteiger partial charge in [0.05, 0.1) is 14.2 Å². The van der Waals surface area contributed by atoms with E-state index in [0.717, 1.165) is 11.5 Å². The predicted octanol–water partition coefficient (Wildman–Crippen LogP) is 5.80. The zero-order valence-corrected chi connectivity index (χ0v) is 17.0. The molecule has 0 radical (unpaired) electrons. The molecule has 0 aromatic heterocycles. The van der Waals surface area contributed by atoms with Crippen molar-refractivity contribution in [1.82, 2.24) is 0 Å². The number of rotatable bonds is 4. The summed E-state index contributed by atoms with van der Waals surface area (Å²) in [6.45, 7) is 4.44. The van der Waals surface area contributed by atoms with Crippen molar-refractivity contribution in [3.05, 3.63) is 59.7 Å². The second-order valence-electron chi connectivity index (χ2n) is 5.08. The molecule has 0 atom stereocenters. The summed E-state index contributed by atoms with van der Waals surface area (Å²) in [5.41, 5.74) is 2.48. The first-order valence-electron chi connectivity index (χ1n) is 6.51. The van der Waals surface area contributed by atoms with Crippen molar-refractivity contribution >= 4 is 37.2 Å². The van der Waals surface area contributed by atoms with Crippen molar-refractivity contribution < 1.29 is 9.47 Å². The first kappa shape index (κ1) is 18.5. The van der Waals surface area contributed by atoms with Gasteiger partial charge in [0.25, 0.3) is 0 Å². The summed E-state index contributed by atoms with van der Waals surface area (Å²) in [4.78, 5) is 0. The van der Waals surface area contributed by atoms with E-state index < -0.39 is 0 Å².